The fourth-order valence-electron chi connectivity index (χ4n) is 2.44. The summed E-state index contributed by atoms with van der Waals surface area (Å²) in [4.78, 5) is 27.8. The first-order valence-corrected chi connectivity index (χ1v) is 6.37. The van der Waals surface area contributed by atoms with Crippen LogP contribution in [0.15, 0.2) is 18.2 Å². The van der Waals surface area contributed by atoms with E-state index in [1.807, 2.05) is 0 Å². The first-order chi connectivity index (χ1) is 9.25. The second-order valence-electron chi connectivity index (χ2n) is 5.47. The number of likely N-dealkylation sites (N-methyl/N-ethyl adjacent to an activating group) is 1. The highest BCUT2D eigenvalue weighted by Gasteiger charge is 2.43. The van der Waals surface area contributed by atoms with Crippen molar-refractivity contribution in [1.29, 1.82) is 0 Å². The largest absolute Gasteiger partial charge is 0.398 e. The van der Waals surface area contributed by atoms with Gasteiger partial charge in [-0.15, -0.1) is 0 Å². The van der Waals surface area contributed by atoms with Crippen molar-refractivity contribution in [2.24, 2.45) is 0 Å². The number of rotatable bonds is 1. The predicted molar refractivity (Wildman–Crippen MR) is 73.6 cm³/mol. The molecular weight excluding hydrogens is 261 g/mol. The van der Waals surface area contributed by atoms with E-state index in [-0.39, 0.29) is 23.1 Å². The lowest BCUT2D eigenvalue weighted by Gasteiger charge is -2.44. The fraction of sp³-hybridized carbons (Fsp3) is 0.429. The molecule has 20 heavy (non-hydrogen) atoms. The van der Waals surface area contributed by atoms with Crippen LogP contribution < -0.4 is 5.73 Å². The van der Waals surface area contributed by atoms with Gasteiger partial charge >= 0.3 is 0 Å². The van der Waals surface area contributed by atoms with Crippen LogP contribution >= 0.6 is 0 Å². The van der Waals surface area contributed by atoms with Gasteiger partial charge in [0, 0.05) is 25.8 Å². The second kappa shape index (κ2) is 4.77. The minimum Gasteiger partial charge on any atom is -0.398 e. The van der Waals surface area contributed by atoms with Gasteiger partial charge in [0.15, 0.2) is 0 Å². The van der Waals surface area contributed by atoms with E-state index in [0.717, 1.165) is 6.07 Å². The maximum absolute atomic E-state index is 13.1. The number of anilines is 1. The Balaban J connectivity index is 2.35. The maximum atomic E-state index is 13.1. The average Bonchev–Trinajstić information content (AvgIpc) is 2.35. The normalized spacial score (nSPS) is 18.3. The Morgan fingerprint density at radius 3 is 2.60 bits per heavy atom. The van der Waals surface area contributed by atoms with Crippen molar-refractivity contribution in [1.82, 2.24) is 9.80 Å². The predicted octanol–water partition coefficient (Wildman–Crippen LogP) is 1.10. The van der Waals surface area contributed by atoms with Gasteiger partial charge in [-0.25, -0.2) is 4.39 Å². The van der Waals surface area contributed by atoms with Crippen molar-refractivity contribution in [3.63, 3.8) is 0 Å². The number of benzene rings is 1. The number of halogens is 1. The first kappa shape index (κ1) is 14.3. The number of carbonyl (C=O) groups excluding carboxylic acids is 2. The Morgan fingerprint density at radius 2 is 2.00 bits per heavy atom. The monoisotopic (exact) mass is 279 g/mol. The summed E-state index contributed by atoms with van der Waals surface area (Å²) in [6, 6.07) is 3.65. The lowest BCUT2D eigenvalue weighted by atomic mass is 9.96. The van der Waals surface area contributed by atoms with E-state index in [0.29, 0.717) is 13.1 Å². The Morgan fingerprint density at radius 1 is 1.35 bits per heavy atom. The SMILES string of the molecule is CN1CCN(C(=O)c2ccc(F)cc2N)C(C)(C)C1=O. The molecule has 0 aliphatic carbocycles. The number of amides is 2. The van der Waals surface area contributed by atoms with Gasteiger partial charge in [-0.2, -0.15) is 0 Å². The standard InChI is InChI=1S/C14H18FN3O2/c1-14(2)13(20)17(3)6-7-18(14)12(19)10-5-4-9(15)8-11(10)16/h4-5,8H,6-7,16H2,1-3H3. The Bertz CT molecular complexity index is 572. The zero-order valence-corrected chi connectivity index (χ0v) is 11.8. The molecule has 1 saturated heterocycles. The van der Waals surface area contributed by atoms with Crippen molar-refractivity contribution >= 4 is 17.5 Å². The lowest BCUT2D eigenvalue weighted by Crippen LogP contribution is -2.63. The van der Waals surface area contributed by atoms with Crippen LogP contribution in [-0.2, 0) is 4.79 Å². The second-order valence-corrected chi connectivity index (χ2v) is 5.47. The number of nitrogens with zero attached hydrogens (tertiary/aromatic N) is 2. The molecule has 1 aliphatic rings. The number of hydrogen-bond acceptors (Lipinski definition) is 3. The van der Waals surface area contributed by atoms with Crippen LogP contribution in [0.4, 0.5) is 10.1 Å². The molecule has 0 saturated carbocycles. The highest BCUT2D eigenvalue weighted by molar-refractivity contribution is 6.02. The van der Waals surface area contributed by atoms with Crippen molar-refractivity contribution in [3.8, 4) is 0 Å². The quantitative estimate of drug-likeness (QED) is 0.783. The Kier molecular flexibility index (Phi) is 3.41. The van der Waals surface area contributed by atoms with Crippen LogP contribution in [-0.4, -0.2) is 47.3 Å². The molecule has 0 radical (unpaired) electrons. The smallest absolute Gasteiger partial charge is 0.256 e. The van der Waals surface area contributed by atoms with E-state index in [2.05, 4.69) is 0 Å². The third-order valence-electron chi connectivity index (χ3n) is 3.69. The highest BCUT2D eigenvalue weighted by atomic mass is 19.1. The zero-order chi connectivity index (χ0) is 15.1. The summed E-state index contributed by atoms with van der Waals surface area (Å²) in [7, 11) is 1.71. The minimum absolute atomic E-state index is 0.0807. The minimum atomic E-state index is -0.940. The van der Waals surface area contributed by atoms with Crippen LogP contribution in [0.2, 0.25) is 0 Å². The van der Waals surface area contributed by atoms with Crippen molar-refractivity contribution in [3.05, 3.63) is 29.6 Å². The molecule has 1 aromatic carbocycles. The number of piperazine rings is 1. The van der Waals surface area contributed by atoms with E-state index in [9.17, 15) is 14.0 Å². The van der Waals surface area contributed by atoms with Crippen molar-refractivity contribution in [2.45, 2.75) is 19.4 Å². The number of nitrogens with two attached hydrogens (primary N) is 1. The molecule has 1 heterocycles. The van der Waals surface area contributed by atoms with Gasteiger partial charge in [0.1, 0.15) is 11.4 Å². The van der Waals surface area contributed by atoms with Gasteiger partial charge in [-0.05, 0) is 32.0 Å². The first-order valence-electron chi connectivity index (χ1n) is 6.37. The van der Waals surface area contributed by atoms with Gasteiger partial charge in [0.2, 0.25) is 5.91 Å². The molecule has 0 aromatic heterocycles. The molecule has 0 spiro atoms. The summed E-state index contributed by atoms with van der Waals surface area (Å²) in [6.45, 7) is 4.28. The molecule has 0 bridgehead atoms. The van der Waals surface area contributed by atoms with Crippen LogP contribution in [0.25, 0.3) is 0 Å². The van der Waals surface area contributed by atoms with Gasteiger partial charge < -0.3 is 15.5 Å². The van der Waals surface area contributed by atoms with Gasteiger partial charge in [0.05, 0.1) is 5.56 Å². The van der Waals surface area contributed by atoms with Crippen LogP contribution in [0.3, 0.4) is 0 Å². The highest BCUT2D eigenvalue weighted by Crippen LogP contribution is 2.26. The Labute approximate surface area is 117 Å². The topological polar surface area (TPSA) is 66.6 Å². The summed E-state index contributed by atoms with van der Waals surface area (Å²) in [5.41, 5.74) is 5.06. The lowest BCUT2D eigenvalue weighted by molar-refractivity contribution is -0.144. The average molecular weight is 279 g/mol. The fourth-order valence-corrected chi connectivity index (χ4v) is 2.44. The molecular formula is C14H18FN3O2. The molecule has 2 N–H and O–H groups in total. The summed E-state index contributed by atoms with van der Waals surface area (Å²) in [5, 5.41) is 0. The van der Waals surface area contributed by atoms with E-state index < -0.39 is 11.4 Å². The third-order valence-corrected chi connectivity index (χ3v) is 3.69. The zero-order valence-electron chi connectivity index (χ0n) is 11.8. The number of nitrogen functional groups attached to an aromatic ring is 1. The van der Waals surface area contributed by atoms with Gasteiger partial charge in [0.25, 0.3) is 5.91 Å². The summed E-state index contributed by atoms with van der Waals surface area (Å²) < 4.78 is 13.1. The Hall–Kier alpha value is -2.11. The van der Waals surface area contributed by atoms with E-state index in [1.54, 1.807) is 25.8 Å². The molecule has 108 valence electrons. The van der Waals surface area contributed by atoms with E-state index in [1.165, 1.54) is 17.0 Å². The molecule has 6 heteroatoms. The molecule has 0 unspecified atom stereocenters. The van der Waals surface area contributed by atoms with Crippen molar-refractivity contribution in [2.75, 3.05) is 25.9 Å². The third kappa shape index (κ3) is 2.21. The molecule has 5 nitrogen and oxygen atoms in total. The molecule has 2 rings (SSSR count). The molecule has 2 amide bonds. The summed E-state index contributed by atoms with van der Waals surface area (Å²) >= 11 is 0. The molecule has 1 aromatic rings. The van der Waals surface area contributed by atoms with Crippen LogP contribution in [0.1, 0.15) is 24.2 Å². The number of hydrogen-bond donors (Lipinski definition) is 1. The van der Waals surface area contributed by atoms with Crippen molar-refractivity contribution < 1.29 is 14.0 Å². The maximum Gasteiger partial charge on any atom is 0.256 e. The van der Waals surface area contributed by atoms with Crippen LogP contribution in [0, 0.1) is 5.82 Å². The van der Waals surface area contributed by atoms with Gasteiger partial charge in [-0.3, -0.25) is 9.59 Å². The number of carbonyl (C=O) groups is 2. The van der Waals surface area contributed by atoms with Crippen LogP contribution in [0.5, 0.6) is 0 Å². The summed E-state index contributed by atoms with van der Waals surface area (Å²) in [5.74, 6) is -0.973. The van der Waals surface area contributed by atoms with Gasteiger partial charge in [-0.1, -0.05) is 0 Å². The van der Waals surface area contributed by atoms with E-state index in [4.69, 9.17) is 5.73 Å². The summed E-state index contributed by atoms with van der Waals surface area (Å²) in [6.07, 6.45) is 0. The molecule has 1 aliphatic heterocycles. The molecule has 0 atom stereocenters. The molecule has 1 fully saturated rings. The van der Waals surface area contributed by atoms with E-state index >= 15 is 0 Å².